The molecule has 146 valence electrons. The molecular formula is C22H32N4O. The van der Waals surface area contributed by atoms with Crippen LogP contribution in [0.4, 0.5) is 0 Å². The van der Waals surface area contributed by atoms with Crippen LogP contribution in [0.25, 0.3) is 5.69 Å². The third kappa shape index (κ3) is 3.63. The Bertz CT molecular complexity index is 830. The predicted molar refractivity (Wildman–Crippen MR) is 109 cm³/mol. The Morgan fingerprint density at radius 2 is 1.78 bits per heavy atom. The summed E-state index contributed by atoms with van der Waals surface area (Å²) in [6.07, 6.45) is 6.48. The van der Waals surface area contributed by atoms with Crippen LogP contribution in [0.15, 0.2) is 35.1 Å². The Kier molecular flexibility index (Phi) is 5.24. The molecule has 5 nitrogen and oxygen atoms in total. The second-order valence-electron chi connectivity index (χ2n) is 8.42. The molecule has 4 rings (SSSR count). The van der Waals surface area contributed by atoms with E-state index in [-0.39, 0.29) is 5.56 Å². The van der Waals surface area contributed by atoms with Crippen molar-refractivity contribution in [2.24, 2.45) is 12.5 Å². The van der Waals surface area contributed by atoms with Gasteiger partial charge in [0.1, 0.15) is 0 Å². The molecule has 0 atom stereocenters. The van der Waals surface area contributed by atoms with Gasteiger partial charge in [-0.15, -0.1) is 0 Å². The Balaban J connectivity index is 1.54. The highest BCUT2D eigenvalue weighted by Crippen LogP contribution is 2.39. The molecule has 0 unspecified atom stereocenters. The molecule has 2 saturated heterocycles. The molecule has 5 heteroatoms. The van der Waals surface area contributed by atoms with Crippen LogP contribution >= 0.6 is 0 Å². The number of nitrogens with one attached hydrogen (secondary N) is 1. The smallest absolute Gasteiger partial charge is 0.276 e. The van der Waals surface area contributed by atoms with Crippen molar-refractivity contribution >= 4 is 0 Å². The molecule has 2 aliphatic heterocycles. The summed E-state index contributed by atoms with van der Waals surface area (Å²) in [5, 5.41) is 3.51. The molecule has 0 saturated carbocycles. The highest BCUT2D eigenvalue weighted by atomic mass is 16.1. The normalized spacial score (nSPS) is 20.7. The number of nitrogens with zero attached hydrogens (tertiary/aromatic N) is 3. The quantitative estimate of drug-likeness (QED) is 0.906. The Morgan fingerprint density at radius 3 is 2.52 bits per heavy atom. The van der Waals surface area contributed by atoms with E-state index in [1.54, 1.807) is 4.68 Å². The number of piperidine rings is 1. The van der Waals surface area contributed by atoms with E-state index in [1.807, 2.05) is 42.1 Å². The number of benzene rings is 1. The largest absolute Gasteiger partial charge is 0.317 e. The van der Waals surface area contributed by atoms with Crippen LogP contribution in [0.3, 0.4) is 0 Å². The first-order chi connectivity index (χ1) is 13.1. The lowest BCUT2D eigenvalue weighted by molar-refractivity contribution is 0.167. The molecule has 0 bridgehead atoms. The second kappa shape index (κ2) is 7.64. The number of rotatable bonds is 3. The van der Waals surface area contributed by atoms with Gasteiger partial charge >= 0.3 is 0 Å². The lowest BCUT2D eigenvalue weighted by Crippen LogP contribution is -2.37. The van der Waals surface area contributed by atoms with Gasteiger partial charge in [-0.25, -0.2) is 4.68 Å². The predicted octanol–water partition coefficient (Wildman–Crippen LogP) is 2.84. The van der Waals surface area contributed by atoms with E-state index in [9.17, 15) is 4.79 Å². The highest BCUT2D eigenvalue weighted by molar-refractivity contribution is 5.33. The van der Waals surface area contributed by atoms with Gasteiger partial charge < -0.3 is 5.32 Å². The fourth-order valence-electron chi connectivity index (χ4n) is 4.95. The minimum absolute atomic E-state index is 0.127. The van der Waals surface area contributed by atoms with Gasteiger partial charge in [0.25, 0.3) is 5.56 Å². The Morgan fingerprint density at radius 1 is 1.04 bits per heavy atom. The van der Waals surface area contributed by atoms with Gasteiger partial charge in [-0.3, -0.25) is 14.4 Å². The van der Waals surface area contributed by atoms with Crippen LogP contribution in [-0.2, 0) is 13.6 Å². The fourth-order valence-corrected chi connectivity index (χ4v) is 4.95. The Labute approximate surface area is 162 Å². The maximum Gasteiger partial charge on any atom is 0.276 e. The average molecular weight is 369 g/mol. The zero-order valence-electron chi connectivity index (χ0n) is 16.7. The summed E-state index contributed by atoms with van der Waals surface area (Å²) in [5.41, 5.74) is 3.62. The summed E-state index contributed by atoms with van der Waals surface area (Å²) < 4.78 is 3.80. The maximum atomic E-state index is 13.2. The third-order valence-corrected chi connectivity index (χ3v) is 6.86. The molecule has 0 radical (unpaired) electrons. The van der Waals surface area contributed by atoms with Gasteiger partial charge in [0.05, 0.1) is 11.3 Å². The zero-order chi connectivity index (χ0) is 18.9. The minimum atomic E-state index is 0.127. The first kappa shape index (κ1) is 18.5. The Hall–Kier alpha value is -1.85. The van der Waals surface area contributed by atoms with Crippen molar-refractivity contribution in [3.8, 4) is 5.69 Å². The van der Waals surface area contributed by atoms with Crippen molar-refractivity contribution in [2.75, 3.05) is 26.2 Å². The molecule has 2 fully saturated rings. The zero-order valence-corrected chi connectivity index (χ0v) is 16.7. The SMILES string of the molecule is Cc1c(CN2CCCC3(CCNCC3)CC2)c(=O)n(-c2ccccc2)n1C. The molecule has 2 aliphatic rings. The van der Waals surface area contributed by atoms with Gasteiger partial charge in [-0.05, 0) is 82.8 Å². The fraction of sp³-hybridized carbons (Fsp3) is 0.591. The third-order valence-electron chi connectivity index (χ3n) is 6.86. The molecular weight excluding hydrogens is 336 g/mol. The van der Waals surface area contributed by atoms with Crippen molar-refractivity contribution in [3.63, 3.8) is 0 Å². The highest BCUT2D eigenvalue weighted by Gasteiger charge is 2.34. The van der Waals surface area contributed by atoms with E-state index in [4.69, 9.17) is 0 Å². The average Bonchev–Trinajstić information content (AvgIpc) is 2.82. The molecule has 2 aromatic rings. The van der Waals surface area contributed by atoms with Crippen molar-refractivity contribution < 1.29 is 0 Å². The van der Waals surface area contributed by atoms with E-state index in [0.717, 1.165) is 36.6 Å². The summed E-state index contributed by atoms with van der Waals surface area (Å²) in [6, 6.07) is 9.95. The van der Waals surface area contributed by atoms with E-state index in [2.05, 4.69) is 17.1 Å². The van der Waals surface area contributed by atoms with Crippen molar-refractivity contribution in [3.05, 3.63) is 51.9 Å². The first-order valence-corrected chi connectivity index (χ1v) is 10.4. The van der Waals surface area contributed by atoms with Crippen molar-refractivity contribution in [1.82, 2.24) is 19.6 Å². The second-order valence-corrected chi connectivity index (χ2v) is 8.42. The van der Waals surface area contributed by atoms with Crippen LogP contribution in [0.2, 0.25) is 0 Å². The van der Waals surface area contributed by atoms with E-state index >= 15 is 0 Å². The van der Waals surface area contributed by atoms with E-state index in [0.29, 0.717) is 5.41 Å². The van der Waals surface area contributed by atoms with Crippen LogP contribution in [0.1, 0.15) is 43.4 Å². The molecule has 0 aliphatic carbocycles. The standard InChI is InChI=1S/C22H32N4O/c1-18-20(21(27)26(24(18)2)19-7-4-3-5-8-19)17-25-15-6-9-22(12-16-25)10-13-23-14-11-22/h3-5,7-8,23H,6,9-17H2,1-2H3. The lowest BCUT2D eigenvalue weighted by atomic mass is 9.73. The van der Waals surface area contributed by atoms with Crippen molar-refractivity contribution in [1.29, 1.82) is 0 Å². The summed E-state index contributed by atoms with van der Waals surface area (Å²) in [7, 11) is 1.99. The van der Waals surface area contributed by atoms with E-state index in [1.165, 1.54) is 45.2 Å². The molecule has 0 amide bonds. The molecule has 1 aromatic carbocycles. The number of hydrogen-bond acceptors (Lipinski definition) is 3. The molecule has 1 aromatic heterocycles. The number of aromatic nitrogens is 2. The topological polar surface area (TPSA) is 42.2 Å². The van der Waals surface area contributed by atoms with Crippen LogP contribution in [0.5, 0.6) is 0 Å². The summed E-state index contributed by atoms with van der Waals surface area (Å²) in [5.74, 6) is 0. The van der Waals surface area contributed by atoms with Gasteiger partial charge in [0.15, 0.2) is 0 Å². The summed E-state index contributed by atoms with van der Waals surface area (Å²) in [6.45, 7) is 7.39. The monoisotopic (exact) mass is 368 g/mol. The lowest BCUT2D eigenvalue weighted by Gasteiger charge is -2.37. The summed E-state index contributed by atoms with van der Waals surface area (Å²) >= 11 is 0. The number of likely N-dealkylation sites (tertiary alicyclic amines) is 1. The molecule has 1 N–H and O–H groups in total. The van der Waals surface area contributed by atoms with Gasteiger partial charge in [0.2, 0.25) is 0 Å². The molecule has 1 spiro atoms. The minimum Gasteiger partial charge on any atom is -0.317 e. The van der Waals surface area contributed by atoms with Crippen LogP contribution in [0, 0.1) is 12.3 Å². The van der Waals surface area contributed by atoms with Crippen molar-refractivity contribution in [2.45, 2.75) is 45.6 Å². The van der Waals surface area contributed by atoms with Gasteiger partial charge in [0, 0.05) is 19.3 Å². The van der Waals surface area contributed by atoms with Crippen LogP contribution in [-0.4, -0.2) is 40.4 Å². The van der Waals surface area contributed by atoms with Gasteiger partial charge in [-0.1, -0.05) is 18.2 Å². The van der Waals surface area contributed by atoms with Gasteiger partial charge in [-0.2, -0.15) is 0 Å². The van der Waals surface area contributed by atoms with Crippen LogP contribution < -0.4 is 10.9 Å². The number of para-hydroxylation sites is 1. The first-order valence-electron chi connectivity index (χ1n) is 10.4. The van der Waals surface area contributed by atoms with E-state index < -0.39 is 0 Å². The number of hydrogen-bond donors (Lipinski definition) is 1. The summed E-state index contributed by atoms with van der Waals surface area (Å²) in [4.78, 5) is 15.7. The molecule has 27 heavy (non-hydrogen) atoms. The molecule has 3 heterocycles. The maximum absolute atomic E-state index is 13.2.